The van der Waals surface area contributed by atoms with Crippen molar-refractivity contribution in [1.82, 2.24) is 0 Å². The van der Waals surface area contributed by atoms with E-state index in [4.69, 9.17) is 5.41 Å². The van der Waals surface area contributed by atoms with Crippen LogP contribution in [-0.4, -0.2) is 16.2 Å². The average Bonchev–Trinajstić information content (AvgIpc) is 2.49. The van der Waals surface area contributed by atoms with Crippen molar-refractivity contribution < 1.29 is 9.85 Å². The molecule has 21 heavy (non-hydrogen) atoms. The number of hydrogen-bond donors (Lipinski definition) is 1. The summed E-state index contributed by atoms with van der Waals surface area (Å²) < 4.78 is 0. The van der Waals surface area contributed by atoms with Crippen LogP contribution in [0.25, 0.3) is 0 Å². The summed E-state index contributed by atoms with van der Waals surface area (Å²) in [6.07, 6.45) is 2.18. The number of nitro benzene ring substituents is 2. The SMILES string of the molecule is N=[C]N(c1ccc([N+](=O)[O-])cc1)c1ccc([N+](=O)[O-])cc1. The zero-order valence-electron chi connectivity index (χ0n) is 10.6. The number of non-ortho nitro benzene ring substituents is 2. The van der Waals surface area contributed by atoms with Gasteiger partial charge >= 0.3 is 0 Å². The van der Waals surface area contributed by atoms with Crippen molar-refractivity contribution in [3.63, 3.8) is 0 Å². The predicted octanol–water partition coefficient (Wildman–Crippen LogP) is 3.13. The summed E-state index contributed by atoms with van der Waals surface area (Å²) in [5, 5.41) is 28.5. The number of rotatable bonds is 5. The Morgan fingerprint density at radius 2 is 1.14 bits per heavy atom. The van der Waals surface area contributed by atoms with E-state index in [0.29, 0.717) is 11.4 Å². The van der Waals surface area contributed by atoms with Crippen LogP contribution in [0.15, 0.2) is 48.5 Å². The minimum Gasteiger partial charge on any atom is -0.292 e. The molecule has 0 heterocycles. The van der Waals surface area contributed by atoms with Gasteiger partial charge < -0.3 is 0 Å². The standard InChI is InChI=1S/C13H9N4O4/c14-9-15(10-1-5-12(6-2-10)16(18)19)11-3-7-13(8-4-11)17(20)21/h1-8,14H. The van der Waals surface area contributed by atoms with Crippen molar-refractivity contribution in [3.8, 4) is 0 Å². The maximum Gasteiger partial charge on any atom is 0.269 e. The molecule has 1 radical (unpaired) electrons. The molecule has 1 N–H and O–H groups in total. The summed E-state index contributed by atoms with van der Waals surface area (Å²) in [4.78, 5) is 21.5. The summed E-state index contributed by atoms with van der Waals surface area (Å²) >= 11 is 0. The maximum absolute atomic E-state index is 10.6. The fraction of sp³-hybridized carbons (Fsp3) is 0. The highest BCUT2D eigenvalue weighted by Crippen LogP contribution is 2.27. The molecule has 2 rings (SSSR count). The Kier molecular flexibility index (Phi) is 3.89. The number of nitrogens with zero attached hydrogens (tertiary/aromatic N) is 3. The molecule has 0 aliphatic rings. The maximum atomic E-state index is 10.6. The zero-order valence-corrected chi connectivity index (χ0v) is 10.6. The van der Waals surface area contributed by atoms with Crippen molar-refractivity contribution in [2.24, 2.45) is 0 Å². The largest absolute Gasteiger partial charge is 0.292 e. The van der Waals surface area contributed by atoms with Gasteiger partial charge in [-0.2, -0.15) is 0 Å². The Labute approximate surface area is 119 Å². The van der Waals surface area contributed by atoms with Gasteiger partial charge in [0.05, 0.1) is 9.85 Å². The van der Waals surface area contributed by atoms with Crippen LogP contribution in [0.5, 0.6) is 0 Å². The van der Waals surface area contributed by atoms with Crippen molar-refractivity contribution in [3.05, 3.63) is 68.8 Å². The Balaban J connectivity index is 2.32. The van der Waals surface area contributed by atoms with Crippen LogP contribution in [0.4, 0.5) is 22.7 Å². The molecule has 0 aromatic heterocycles. The molecular formula is C13H9N4O4. The molecule has 0 amide bonds. The van der Waals surface area contributed by atoms with Gasteiger partial charge in [-0.25, -0.2) is 0 Å². The lowest BCUT2D eigenvalue weighted by atomic mass is 10.2. The van der Waals surface area contributed by atoms with Crippen LogP contribution in [0.1, 0.15) is 0 Å². The van der Waals surface area contributed by atoms with E-state index in [1.54, 1.807) is 0 Å². The lowest BCUT2D eigenvalue weighted by Gasteiger charge is -2.17. The normalized spacial score (nSPS) is 9.90. The molecule has 8 heteroatoms. The van der Waals surface area contributed by atoms with Crippen molar-refractivity contribution in [2.75, 3.05) is 4.90 Å². The van der Waals surface area contributed by atoms with E-state index in [2.05, 4.69) is 6.34 Å². The number of nitro groups is 2. The van der Waals surface area contributed by atoms with Gasteiger partial charge in [-0.1, -0.05) is 0 Å². The van der Waals surface area contributed by atoms with Gasteiger partial charge in [-0.05, 0) is 24.3 Å². The molecule has 105 valence electrons. The number of nitrogens with one attached hydrogen (secondary N) is 1. The zero-order chi connectivity index (χ0) is 15.4. The van der Waals surface area contributed by atoms with E-state index in [1.165, 1.54) is 53.4 Å². The van der Waals surface area contributed by atoms with Crippen molar-refractivity contribution >= 4 is 29.1 Å². The number of benzene rings is 2. The van der Waals surface area contributed by atoms with E-state index in [9.17, 15) is 20.2 Å². The molecule has 0 unspecified atom stereocenters. The van der Waals surface area contributed by atoms with Gasteiger partial charge in [-0.15, -0.1) is 0 Å². The average molecular weight is 285 g/mol. The van der Waals surface area contributed by atoms with Crippen LogP contribution < -0.4 is 4.90 Å². The first kappa shape index (κ1) is 14.1. The molecule has 0 saturated carbocycles. The Morgan fingerprint density at radius 1 is 0.810 bits per heavy atom. The van der Waals surface area contributed by atoms with Gasteiger partial charge in [0.15, 0.2) is 6.34 Å². The molecule has 2 aromatic rings. The highest BCUT2D eigenvalue weighted by atomic mass is 16.6. The fourth-order valence-electron chi connectivity index (χ4n) is 1.73. The molecule has 0 aliphatic carbocycles. The monoisotopic (exact) mass is 285 g/mol. The Hall–Kier alpha value is -3.29. The van der Waals surface area contributed by atoms with Crippen molar-refractivity contribution in [2.45, 2.75) is 0 Å². The number of anilines is 2. The quantitative estimate of drug-likeness (QED) is 0.298. The van der Waals surface area contributed by atoms with Crippen LogP contribution in [0, 0.1) is 25.6 Å². The molecule has 0 aliphatic heterocycles. The molecule has 0 saturated heterocycles. The van der Waals surface area contributed by atoms with Gasteiger partial charge in [0, 0.05) is 35.6 Å². The molecule has 0 atom stereocenters. The number of hydrogen-bond acceptors (Lipinski definition) is 5. The topological polar surface area (TPSA) is 113 Å². The highest BCUT2D eigenvalue weighted by molar-refractivity contribution is 5.88. The molecule has 0 fully saturated rings. The lowest BCUT2D eigenvalue weighted by Crippen LogP contribution is -2.13. The molecule has 8 nitrogen and oxygen atoms in total. The lowest BCUT2D eigenvalue weighted by molar-refractivity contribution is -0.385. The summed E-state index contributed by atoms with van der Waals surface area (Å²) in [6.45, 7) is 0. The Bertz CT molecular complexity index is 625. The van der Waals surface area contributed by atoms with Crippen LogP contribution in [-0.2, 0) is 0 Å². The van der Waals surface area contributed by atoms with E-state index in [0.717, 1.165) is 0 Å². The Morgan fingerprint density at radius 3 is 1.38 bits per heavy atom. The fourth-order valence-corrected chi connectivity index (χ4v) is 1.73. The minimum atomic E-state index is -0.520. The minimum absolute atomic E-state index is 0.0626. The van der Waals surface area contributed by atoms with Gasteiger partial charge in [-0.3, -0.25) is 30.5 Å². The summed E-state index contributed by atoms with van der Waals surface area (Å²) in [6, 6.07) is 11.1. The van der Waals surface area contributed by atoms with E-state index >= 15 is 0 Å². The van der Waals surface area contributed by atoms with E-state index < -0.39 is 9.85 Å². The van der Waals surface area contributed by atoms with Crippen molar-refractivity contribution in [1.29, 1.82) is 5.41 Å². The molecule has 0 spiro atoms. The highest BCUT2D eigenvalue weighted by Gasteiger charge is 2.12. The third-order valence-electron chi connectivity index (χ3n) is 2.75. The van der Waals surface area contributed by atoms with Crippen LogP contribution in [0.3, 0.4) is 0 Å². The third-order valence-corrected chi connectivity index (χ3v) is 2.75. The van der Waals surface area contributed by atoms with E-state index in [1.807, 2.05) is 0 Å². The van der Waals surface area contributed by atoms with Gasteiger partial charge in [0.1, 0.15) is 0 Å². The first-order valence-corrected chi connectivity index (χ1v) is 5.74. The van der Waals surface area contributed by atoms with Gasteiger partial charge in [0.25, 0.3) is 11.4 Å². The smallest absolute Gasteiger partial charge is 0.269 e. The van der Waals surface area contributed by atoms with Crippen LogP contribution >= 0.6 is 0 Å². The van der Waals surface area contributed by atoms with Crippen LogP contribution in [0.2, 0.25) is 0 Å². The summed E-state index contributed by atoms with van der Waals surface area (Å²) in [5.74, 6) is 0. The van der Waals surface area contributed by atoms with E-state index in [-0.39, 0.29) is 11.4 Å². The van der Waals surface area contributed by atoms with Gasteiger partial charge in [0.2, 0.25) is 0 Å². The molecule has 0 bridgehead atoms. The first-order chi connectivity index (χ1) is 10.0. The molecular weight excluding hydrogens is 276 g/mol. The third kappa shape index (κ3) is 3.00. The second kappa shape index (κ2) is 5.78. The summed E-state index contributed by atoms with van der Waals surface area (Å²) in [7, 11) is 0. The predicted molar refractivity (Wildman–Crippen MR) is 76.1 cm³/mol. The first-order valence-electron chi connectivity index (χ1n) is 5.74. The second-order valence-corrected chi connectivity index (χ2v) is 3.99. The second-order valence-electron chi connectivity index (χ2n) is 3.99. The molecule has 2 aromatic carbocycles. The summed E-state index contributed by atoms with van der Waals surface area (Å²) in [5.41, 5.74) is 0.855.